The topological polar surface area (TPSA) is 99.7 Å². The Morgan fingerprint density at radius 1 is 1.12 bits per heavy atom. The summed E-state index contributed by atoms with van der Waals surface area (Å²) in [5.74, 6) is -1.15. The Bertz CT molecular complexity index is 1820. The van der Waals surface area contributed by atoms with E-state index in [1.165, 1.54) is 17.1 Å². The number of ketones is 1. The fourth-order valence-corrected chi connectivity index (χ4v) is 7.81. The molecule has 0 aliphatic heterocycles. The maximum absolute atomic E-state index is 14.3. The minimum absolute atomic E-state index is 0.0940. The zero-order valence-corrected chi connectivity index (χ0v) is 23.8. The van der Waals surface area contributed by atoms with Gasteiger partial charge in [0.15, 0.2) is 15.6 Å². The number of carbonyl (C=O) groups excluding carboxylic acids is 1. The summed E-state index contributed by atoms with van der Waals surface area (Å²) in [6.45, 7) is 1.99. The second-order valence-electron chi connectivity index (χ2n) is 11.2. The minimum atomic E-state index is -4.64. The van der Waals surface area contributed by atoms with Crippen LogP contribution in [0.1, 0.15) is 52.1 Å². The average Bonchev–Trinajstić information content (AvgIpc) is 3.57. The zero-order valence-electron chi connectivity index (χ0n) is 23.0. The molecule has 2 aliphatic rings. The lowest BCUT2D eigenvalue weighted by molar-refractivity contribution is -0.137. The number of pyridine rings is 1. The van der Waals surface area contributed by atoms with Gasteiger partial charge in [-0.05, 0) is 74.4 Å². The van der Waals surface area contributed by atoms with Crippen molar-refractivity contribution in [3.05, 3.63) is 94.8 Å². The number of benzene rings is 1. The van der Waals surface area contributed by atoms with Gasteiger partial charge in [-0.2, -0.15) is 23.4 Å². The van der Waals surface area contributed by atoms with E-state index in [-0.39, 0.29) is 29.2 Å². The maximum atomic E-state index is 14.3. The van der Waals surface area contributed by atoms with Crippen LogP contribution in [0.2, 0.25) is 0 Å². The minimum Gasteiger partial charge on any atom is -0.291 e. The van der Waals surface area contributed by atoms with Crippen LogP contribution in [0.4, 0.5) is 13.2 Å². The number of hydrogen-bond acceptors (Lipinski definition) is 6. The molecule has 8 nitrogen and oxygen atoms in total. The molecule has 1 fully saturated rings. The van der Waals surface area contributed by atoms with Crippen molar-refractivity contribution in [3.63, 3.8) is 0 Å². The van der Waals surface area contributed by atoms with Gasteiger partial charge in [-0.25, -0.2) is 13.1 Å². The monoisotopic (exact) mass is 595 g/mol. The van der Waals surface area contributed by atoms with E-state index >= 15 is 0 Å². The number of hydrogen-bond donors (Lipinski definition) is 0. The summed E-state index contributed by atoms with van der Waals surface area (Å²) in [7, 11) is -2.08. The van der Waals surface area contributed by atoms with Gasteiger partial charge in [-0.3, -0.25) is 14.5 Å². The SMILES string of the molecule is Cc1ccc(-n2ncc3c2C=C2CC[C@@H](CS(=O)(=O)c4cnn(C)c4)C[C@@]2(C(=O)c2cc(C(F)(F)F)ccn2)C3)cc1. The lowest BCUT2D eigenvalue weighted by Crippen LogP contribution is -2.43. The molecule has 6 rings (SSSR count). The molecule has 1 saturated carbocycles. The molecule has 0 spiro atoms. The molecule has 12 heteroatoms. The Hall–Kier alpha value is -4.06. The van der Waals surface area contributed by atoms with Crippen LogP contribution in [0.5, 0.6) is 0 Å². The number of aryl methyl sites for hydroxylation is 2. The van der Waals surface area contributed by atoms with Crippen molar-refractivity contribution in [2.75, 3.05) is 5.75 Å². The highest BCUT2D eigenvalue weighted by Gasteiger charge is 2.50. The normalized spacial score (nSPS) is 20.5. The van der Waals surface area contributed by atoms with Crippen molar-refractivity contribution >= 4 is 21.7 Å². The number of sulfone groups is 1. The quantitative estimate of drug-likeness (QED) is 0.277. The number of carbonyl (C=O) groups is 1. The van der Waals surface area contributed by atoms with Gasteiger partial charge in [0.25, 0.3) is 0 Å². The molecule has 0 amide bonds. The van der Waals surface area contributed by atoms with Crippen LogP contribution < -0.4 is 0 Å². The van der Waals surface area contributed by atoms with E-state index in [9.17, 15) is 26.4 Å². The molecule has 3 heterocycles. The summed E-state index contributed by atoms with van der Waals surface area (Å²) < 4.78 is 70.4. The highest BCUT2D eigenvalue weighted by atomic mass is 32.2. The van der Waals surface area contributed by atoms with Gasteiger partial charge in [0.05, 0.1) is 40.5 Å². The Kier molecular flexibility index (Phi) is 6.71. The first kappa shape index (κ1) is 28.1. The Morgan fingerprint density at radius 2 is 1.88 bits per heavy atom. The number of alkyl halides is 3. The van der Waals surface area contributed by atoms with Gasteiger partial charge in [-0.1, -0.05) is 23.3 Å². The summed E-state index contributed by atoms with van der Waals surface area (Å²) >= 11 is 0. The predicted octanol–water partition coefficient (Wildman–Crippen LogP) is 5.41. The van der Waals surface area contributed by atoms with Crippen LogP contribution in [0.25, 0.3) is 11.8 Å². The van der Waals surface area contributed by atoms with E-state index in [0.717, 1.165) is 46.4 Å². The summed E-state index contributed by atoms with van der Waals surface area (Å²) in [6.07, 6.45) is 3.91. The van der Waals surface area contributed by atoms with Gasteiger partial charge in [0, 0.05) is 19.4 Å². The number of fused-ring (bicyclic) bond motifs is 2. The van der Waals surface area contributed by atoms with E-state index < -0.39 is 38.7 Å². The number of aromatic nitrogens is 5. The molecule has 0 N–H and O–H groups in total. The molecule has 0 unspecified atom stereocenters. The molecule has 42 heavy (non-hydrogen) atoms. The second kappa shape index (κ2) is 10.0. The average molecular weight is 596 g/mol. The van der Waals surface area contributed by atoms with Crippen LogP contribution in [0.15, 0.2) is 71.7 Å². The first-order chi connectivity index (χ1) is 19.9. The molecule has 2 atom stereocenters. The molecular weight excluding hydrogens is 567 g/mol. The molecule has 0 saturated heterocycles. The third kappa shape index (κ3) is 4.97. The zero-order chi connectivity index (χ0) is 29.9. The van der Waals surface area contributed by atoms with Gasteiger partial charge >= 0.3 is 6.18 Å². The van der Waals surface area contributed by atoms with E-state index in [1.54, 1.807) is 17.9 Å². The largest absolute Gasteiger partial charge is 0.416 e. The van der Waals surface area contributed by atoms with Crippen LogP contribution in [0, 0.1) is 18.3 Å². The van der Waals surface area contributed by atoms with Gasteiger partial charge in [0.1, 0.15) is 10.6 Å². The molecule has 0 radical (unpaired) electrons. The molecule has 3 aromatic heterocycles. The van der Waals surface area contributed by atoms with E-state index in [2.05, 4.69) is 15.2 Å². The lowest BCUT2D eigenvalue weighted by atomic mass is 9.59. The van der Waals surface area contributed by atoms with E-state index in [4.69, 9.17) is 0 Å². The van der Waals surface area contributed by atoms with Crippen molar-refractivity contribution in [2.45, 2.75) is 43.7 Å². The van der Waals surface area contributed by atoms with Gasteiger partial charge < -0.3 is 0 Å². The van der Waals surface area contributed by atoms with Crippen molar-refractivity contribution < 1.29 is 26.4 Å². The van der Waals surface area contributed by atoms with Crippen molar-refractivity contribution in [1.29, 1.82) is 0 Å². The first-order valence-corrected chi connectivity index (χ1v) is 15.2. The van der Waals surface area contributed by atoms with Crippen molar-refractivity contribution in [2.24, 2.45) is 18.4 Å². The fraction of sp³-hybridized carbons (Fsp3) is 0.333. The number of rotatable bonds is 6. The molecule has 2 aliphatic carbocycles. The Balaban J connectivity index is 1.42. The summed E-state index contributed by atoms with van der Waals surface area (Å²) in [6, 6.07) is 9.46. The molecule has 4 aromatic rings. The van der Waals surface area contributed by atoms with Gasteiger partial charge in [0.2, 0.25) is 0 Å². The lowest BCUT2D eigenvalue weighted by Gasteiger charge is -2.44. The molecule has 0 bridgehead atoms. The van der Waals surface area contributed by atoms with Crippen molar-refractivity contribution in [3.8, 4) is 5.69 Å². The Labute approximate surface area is 240 Å². The predicted molar refractivity (Wildman–Crippen MR) is 149 cm³/mol. The summed E-state index contributed by atoms with van der Waals surface area (Å²) in [5.41, 5.74) is 1.75. The highest BCUT2D eigenvalue weighted by molar-refractivity contribution is 7.91. The number of allylic oxidation sites excluding steroid dienone is 1. The second-order valence-corrected chi connectivity index (χ2v) is 13.3. The van der Waals surface area contributed by atoms with Crippen LogP contribution in [-0.4, -0.2) is 44.5 Å². The number of halogens is 3. The van der Waals surface area contributed by atoms with E-state index in [1.807, 2.05) is 37.3 Å². The first-order valence-electron chi connectivity index (χ1n) is 13.5. The highest BCUT2D eigenvalue weighted by Crippen LogP contribution is 2.52. The van der Waals surface area contributed by atoms with Crippen LogP contribution in [0.3, 0.4) is 0 Å². The maximum Gasteiger partial charge on any atom is 0.416 e. The third-order valence-corrected chi connectivity index (χ3v) is 10.1. The molecular formula is C30H28F3N5O3S. The van der Waals surface area contributed by atoms with Crippen molar-refractivity contribution in [1.82, 2.24) is 24.5 Å². The summed E-state index contributed by atoms with van der Waals surface area (Å²) in [4.78, 5) is 18.4. The van der Waals surface area contributed by atoms with Crippen LogP contribution in [-0.2, 0) is 29.5 Å². The number of nitrogens with zero attached hydrogens (tertiary/aromatic N) is 5. The van der Waals surface area contributed by atoms with Gasteiger partial charge in [-0.15, -0.1) is 0 Å². The molecule has 218 valence electrons. The molecule has 1 aromatic carbocycles. The fourth-order valence-electron chi connectivity index (χ4n) is 6.19. The van der Waals surface area contributed by atoms with E-state index in [0.29, 0.717) is 12.8 Å². The Morgan fingerprint density at radius 3 is 2.57 bits per heavy atom. The smallest absolute Gasteiger partial charge is 0.291 e. The third-order valence-electron chi connectivity index (χ3n) is 8.29. The van der Waals surface area contributed by atoms with Crippen LogP contribution >= 0.6 is 0 Å². The standard InChI is InChI=1S/C30H28F3N5O3S/c1-19-3-7-24(8-4-19)38-27-12-22-6-5-20(18-42(40,41)25-16-35-37(2)17-25)13-29(22,14-21(27)15-36-38)28(39)26-11-23(9-10-34-26)30(31,32)33/h3-4,7-12,15-17,20H,5-6,13-14,18H2,1-2H3/t20-,29-/m1/s1. The number of Topliss-reactive ketones (excluding diaryl/α,β-unsaturated/α-hetero) is 1. The summed E-state index contributed by atoms with van der Waals surface area (Å²) in [5, 5.41) is 8.55.